The molecule has 0 saturated carbocycles. The second-order valence-corrected chi connectivity index (χ2v) is 3.75. The van der Waals surface area contributed by atoms with Crippen LogP contribution in [0, 0.1) is 0 Å². The number of hydrogen-bond donors (Lipinski definition) is 1. The summed E-state index contributed by atoms with van der Waals surface area (Å²) >= 11 is 0. The van der Waals surface area contributed by atoms with Gasteiger partial charge in [0.1, 0.15) is 0 Å². The maximum atomic E-state index is 11.1. The van der Waals surface area contributed by atoms with Gasteiger partial charge in [-0.05, 0) is 34.1 Å². The first-order chi connectivity index (χ1) is 6.02. The summed E-state index contributed by atoms with van der Waals surface area (Å²) in [6, 6.07) is 0.235. The lowest BCUT2D eigenvalue weighted by Crippen LogP contribution is -2.30. The summed E-state index contributed by atoms with van der Waals surface area (Å²) in [6.45, 7) is 8.58. The van der Waals surface area contributed by atoms with Gasteiger partial charge < -0.3 is 10.1 Å². The van der Waals surface area contributed by atoms with E-state index in [0.717, 1.165) is 6.42 Å². The molecule has 0 saturated heterocycles. The van der Waals surface area contributed by atoms with Crippen molar-refractivity contribution in [1.82, 2.24) is 5.32 Å². The maximum Gasteiger partial charge on any atom is 0.220 e. The van der Waals surface area contributed by atoms with E-state index in [1.807, 2.05) is 27.7 Å². The molecule has 0 fully saturated rings. The van der Waals surface area contributed by atoms with Crippen molar-refractivity contribution in [3.63, 3.8) is 0 Å². The van der Waals surface area contributed by atoms with Gasteiger partial charge in [0, 0.05) is 20.5 Å². The Morgan fingerprint density at radius 1 is 1.38 bits per heavy atom. The first kappa shape index (κ1) is 12.4. The Balaban J connectivity index is 0. The zero-order chi connectivity index (χ0) is 10.3. The number of carbonyl (C=O) groups excluding carboxylic acids is 1. The Kier molecular flexibility index (Phi) is 6.59. The largest absolute Gasteiger partial charge is 0.379 e. The maximum absolute atomic E-state index is 11.1. The quantitative estimate of drug-likeness (QED) is 0.649. The molecular weight excluding hydrogens is 166 g/mol. The number of nitrogens with one attached hydrogen (secondary N) is 1. The van der Waals surface area contributed by atoms with Crippen LogP contribution in [0.2, 0.25) is 0 Å². The van der Waals surface area contributed by atoms with Crippen LogP contribution in [0.3, 0.4) is 0 Å². The van der Waals surface area contributed by atoms with E-state index in [2.05, 4.69) is 5.32 Å². The molecule has 0 aromatic carbocycles. The molecule has 0 aliphatic carbocycles. The first-order valence-electron chi connectivity index (χ1n) is 4.93. The highest BCUT2D eigenvalue weighted by molar-refractivity contribution is 5.76. The van der Waals surface area contributed by atoms with Crippen molar-refractivity contribution in [1.29, 1.82) is 0 Å². The highest BCUT2D eigenvalue weighted by Crippen LogP contribution is 1.94. The van der Waals surface area contributed by atoms with Gasteiger partial charge >= 0.3 is 0 Å². The Morgan fingerprint density at radius 3 is 2.46 bits per heavy atom. The second-order valence-electron chi connectivity index (χ2n) is 3.75. The van der Waals surface area contributed by atoms with Crippen LogP contribution < -0.4 is 5.32 Å². The van der Waals surface area contributed by atoms with Crippen molar-refractivity contribution in [3.05, 3.63) is 0 Å². The van der Waals surface area contributed by atoms with Gasteiger partial charge in [-0.25, -0.2) is 0 Å². The topological polar surface area (TPSA) is 38.3 Å². The number of rotatable bonds is 6. The highest BCUT2D eigenvalue weighted by atomic mass is 16.5. The third-order valence-corrected chi connectivity index (χ3v) is 1.45. The first-order valence-corrected chi connectivity index (χ1v) is 4.93. The van der Waals surface area contributed by atoms with E-state index in [1.165, 1.54) is 0 Å². The van der Waals surface area contributed by atoms with Crippen molar-refractivity contribution < 1.29 is 11.0 Å². The van der Waals surface area contributed by atoms with Crippen molar-refractivity contribution in [3.8, 4) is 0 Å². The second kappa shape index (κ2) is 6.89. The van der Waals surface area contributed by atoms with E-state index in [9.17, 15) is 4.79 Å². The fourth-order valence-electron chi connectivity index (χ4n) is 0.946. The SMILES string of the molecule is CC(C)NC(=O)CCCOC(C)C.[HH]. The Morgan fingerprint density at radius 2 is 2.00 bits per heavy atom. The lowest BCUT2D eigenvalue weighted by molar-refractivity contribution is -0.122. The van der Waals surface area contributed by atoms with Gasteiger partial charge in [-0.15, -0.1) is 0 Å². The zero-order valence-electron chi connectivity index (χ0n) is 9.09. The molecule has 0 heterocycles. The molecule has 0 unspecified atom stereocenters. The molecule has 1 amide bonds. The number of ether oxygens (including phenoxy) is 1. The molecule has 3 heteroatoms. The lowest BCUT2D eigenvalue weighted by Gasteiger charge is -2.09. The van der Waals surface area contributed by atoms with Crippen molar-refractivity contribution in [2.24, 2.45) is 0 Å². The smallest absolute Gasteiger partial charge is 0.220 e. The van der Waals surface area contributed by atoms with Crippen LogP contribution in [0.15, 0.2) is 0 Å². The normalized spacial score (nSPS) is 10.9. The van der Waals surface area contributed by atoms with Crippen LogP contribution in [-0.2, 0) is 9.53 Å². The molecule has 3 nitrogen and oxygen atoms in total. The van der Waals surface area contributed by atoms with Gasteiger partial charge in [-0.3, -0.25) is 4.79 Å². The average molecular weight is 189 g/mol. The van der Waals surface area contributed by atoms with Gasteiger partial charge in [-0.2, -0.15) is 0 Å². The van der Waals surface area contributed by atoms with Crippen molar-refractivity contribution >= 4 is 5.91 Å². The fourth-order valence-corrected chi connectivity index (χ4v) is 0.946. The van der Waals surface area contributed by atoms with E-state index in [-0.39, 0.29) is 19.5 Å². The Bertz CT molecular complexity index is 149. The molecule has 0 aromatic rings. The predicted octanol–water partition coefficient (Wildman–Crippen LogP) is 1.96. The number of amides is 1. The van der Waals surface area contributed by atoms with Crippen molar-refractivity contribution in [2.45, 2.75) is 52.7 Å². The average Bonchev–Trinajstić information content (AvgIpc) is 1.96. The summed E-state index contributed by atoms with van der Waals surface area (Å²) in [5.74, 6) is 0.113. The van der Waals surface area contributed by atoms with Gasteiger partial charge in [-0.1, -0.05) is 0 Å². The minimum Gasteiger partial charge on any atom is -0.379 e. The monoisotopic (exact) mass is 189 g/mol. The van der Waals surface area contributed by atoms with E-state index in [0.29, 0.717) is 13.0 Å². The number of hydrogen-bond acceptors (Lipinski definition) is 2. The zero-order valence-corrected chi connectivity index (χ0v) is 9.09. The summed E-state index contributed by atoms with van der Waals surface area (Å²) in [5, 5.41) is 2.84. The molecular formula is C10H23NO2. The fraction of sp³-hybridized carbons (Fsp3) is 0.900. The van der Waals surface area contributed by atoms with Crippen molar-refractivity contribution in [2.75, 3.05) is 6.61 Å². The van der Waals surface area contributed by atoms with E-state index >= 15 is 0 Å². The molecule has 0 rings (SSSR count). The Labute approximate surface area is 82.3 Å². The molecule has 0 aromatic heterocycles. The van der Waals surface area contributed by atoms with Crippen LogP contribution in [0.25, 0.3) is 0 Å². The summed E-state index contributed by atoms with van der Waals surface area (Å²) < 4.78 is 5.32. The van der Waals surface area contributed by atoms with Crippen LogP contribution in [-0.4, -0.2) is 24.7 Å². The standard InChI is InChI=1S/C10H21NO2.H2/c1-8(2)11-10(12)6-5-7-13-9(3)4;/h8-9H,5-7H2,1-4H3,(H,11,12);1H. The summed E-state index contributed by atoms with van der Waals surface area (Å²) in [5.41, 5.74) is 0. The van der Waals surface area contributed by atoms with Crippen LogP contribution in [0.5, 0.6) is 0 Å². The Hall–Kier alpha value is -0.570. The van der Waals surface area contributed by atoms with E-state index in [4.69, 9.17) is 4.74 Å². The van der Waals surface area contributed by atoms with Crippen LogP contribution in [0.1, 0.15) is 42.0 Å². The third-order valence-electron chi connectivity index (χ3n) is 1.45. The summed E-state index contributed by atoms with van der Waals surface area (Å²) in [7, 11) is 0. The molecule has 0 atom stereocenters. The molecule has 0 spiro atoms. The molecule has 0 bridgehead atoms. The van der Waals surface area contributed by atoms with Crippen LogP contribution >= 0.6 is 0 Å². The molecule has 80 valence electrons. The summed E-state index contributed by atoms with van der Waals surface area (Å²) in [4.78, 5) is 11.1. The van der Waals surface area contributed by atoms with Gasteiger partial charge in [0.15, 0.2) is 0 Å². The highest BCUT2D eigenvalue weighted by Gasteiger charge is 2.02. The van der Waals surface area contributed by atoms with Gasteiger partial charge in [0.25, 0.3) is 0 Å². The minimum absolute atomic E-state index is 0. The predicted molar refractivity (Wildman–Crippen MR) is 55.7 cm³/mol. The molecule has 0 aliphatic heterocycles. The molecule has 0 aliphatic rings. The molecule has 0 radical (unpaired) electrons. The summed E-state index contributed by atoms with van der Waals surface area (Å²) in [6.07, 6.45) is 1.62. The van der Waals surface area contributed by atoms with E-state index in [1.54, 1.807) is 0 Å². The minimum atomic E-state index is 0. The third kappa shape index (κ3) is 9.34. The van der Waals surface area contributed by atoms with Gasteiger partial charge in [0.2, 0.25) is 5.91 Å². The lowest BCUT2D eigenvalue weighted by atomic mass is 10.3. The van der Waals surface area contributed by atoms with Gasteiger partial charge in [0.05, 0.1) is 6.10 Å². The van der Waals surface area contributed by atoms with E-state index < -0.39 is 0 Å². The molecule has 13 heavy (non-hydrogen) atoms. The number of carbonyl (C=O) groups is 1. The van der Waals surface area contributed by atoms with Crippen LogP contribution in [0.4, 0.5) is 0 Å². The molecule has 1 N–H and O–H groups in total.